The van der Waals surface area contributed by atoms with E-state index in [-0.39, 0.29) is 44.5 Å². The van der Waals surface area contributed by atoms with Gasteiger partial charge in [0.2, 0.25) is 17.7 Å². The summed E-state index contributed by atoms with van der Waals surface area (Å²) in [6.07, 6.45) is 3.65. The molecule has 1 spiro atoms. The highest BCUT2D eigenvalue weighted by Gasteiger charge is 2.75. The number of hydrogen-bond donors (Lipinski definition) is 2. The summed E-state index contributed by atoms with van der Waals surface area (Å²) in [5, 5.41) is 12.7. The van der Waals surface area contributed by atoms with Crippen molar-refractivity contribution in [1.82, 2.24) is 15.1 Å². The lowest BCUT2D eigenvalue weighted by atomic mass is 9.70. The minimum absolute atomic E-state index is 0.0568. The van der Waals surface area contributed by atoms with Crippen LogP contribution in [0.1, 0.15) is 58.1 Å². The maximum Gasteiger partial charge on any atom is 0.313 e. The van der Waals surface area contributed by atoms with Crippen molar-refractivity contribution < 1.29 is 33.8 Å². The molecule has 2 N–H and O–H groups in total. The highest BCUT2D eigenvalue weighted by Crippen LogP contribution is 2.59. The third kappa shape index (κ3) is 5.87. The zero-order chi connectivity index (χ0) is 30.7. The molecule has 0 unspecified atom stereocenters. The Morgan fingerprint density at radius 2 is 1.95 bits per heavy atom. The number of likely N-dealkylation sites (tertiary alicyclic amines) is 1. The second kappa shape index (κ2) is 12.8. The van der Waals surface area contributed by atoms with Gasteiger partial charge in [-0.05, 0) is 45.6 Å². The predicted molar refractivity (Wildman–Crippen MR) is 156 cm³/mol. The molecule has 228 valence electrons. The van der Waals surface area contributed by atoms with E-state index in [2.05, 4.69) is 18.5 Å². The third-order valence-electron chi connectivity index (χ3n) is 8.52. The van der Waals surface area contributed by atoms with Gasteiger partial charge in [-0.3, -0.25) is 19.2 Å². The SMILES string of the molecule is C=CCCC(=O)NC[C@@H](OC(=O)[C@@H]1[C@H]2C(=O)N(CCO)[C@H](C(=O)N(CC=C)C(C)(C)C)[C@]23CC[C@H]1O3)c1ccccc1. The average Bonchev–Trinajstić information content (AvgIpc) is 3.60. The molecule has 0 saturated carbocycles. The van der Waals surface area contributed by atoms with Gasteiger partial charge in [-0.15, -0.1) is 13.2 Å². The van der Waals surface area contributed by atoms with Gasteiger partial charge in [0, 0.05) is 25.0 Å². The van der Waals surface area contributed by atoms with Crippen LogP contribution >= 0.6 is 0 Å². The van der Waals surface area contributed by atoms with Crippen LogP contribution in [0.2, 0.25) is 0 Å². The molecule has 1 aromatic carbocycles. The van der Waals surface area contributed by atoms with Crippen molar-refractivity contribution >= 4 is 23.7 Å². The number of ether oxygens (including phenoxy) is 2. The lowest BCUT2D eigenvalue weighted by molar-refractivity contribution is -0.160. The number of carbonyl (C=O) groups excluding carboxylic acids is 4. The molecule has 6 atom stereocenters. The van der Waals surface area contributed by atoms with Crippen LogP contribution in [0.3, 0.4) is 0 Å². The first-order valence-corrected chi connectivity index (χ1v) is 14.6. The van der Waals surface area contributed by atoms with Crippen molar-refractivity contribution in [3.8, 4) is 0 Å². The minimum atomic E-state index is -1.20. The van der Waals surface area contributed by atoms with Gasteiger partial charge in [0.15, 0.2) is 0 Å². The Bertz CT molecular complexity index is 1200. The van der Waals surface area contributed by atoms with Gasteiger partial charge in [-0.2, -0.15) is 0 Å². The summed E-state index contributed by atoms with van der Waals surface area (Å²) in [6.45, 7) is 13.1. The standard InChI is InChI=1S/C32H43N3O7/c1-6-8-14-24(37)33-20-23(21-12-10-9-11-13-21)41-30(40)25-22-15-16-32(42-22)26(25)28(38)34(18-19-36)27(32)29(39)35(17-7-2)31(3,4)5/h6-7,9-13,22-23,25-27,36H,1-2,8,14-20H2,3-5H3,(H,33,37)/t22-,23-,25+,26+,27-,32+/m1/s1. The van der Waals surface area contributed by atoms with E-state index in [0.29, 0.717) is 24.8 Å². The monoisotopic (exact) mass is 581 g/mol. The van der Waals surface area contributed by atoms with E-state index in [4.69, 9.17) is 9.47 Å². The van der Waals surface area contributed by atoms with Crippen LogP contribution in [0.4, 0.5) is 0 Å². The first kappa shape index (κ1) is 31.4. The second-order valence-electron chi connectivity index (χ2n) is 12.2. The summed E-state index contributed by atoms with van der Waals surface area (Å²) >= 11 is 0. The fraction of sp³-hybridized carbons (Fsp3) is 0.562. The Labute approximate surface area is 247 Å². The van der Waals surface area contributed by atoms with Gasteiger partial charge in [0.05, 0.1) is 31.1 Å². The van der Waals surface area contributed by atoms with Gasteiger partial charge in [-0.25, -0.2) is 0 Å². The predicted octanol–water partition coefficient (Wildman–Crippen LogP) is 2.53. The number of benzene rings is 1. The summed E-state index contributed by atoms with van der Waals surface area (Å²) < 4.78 is 12.5. The number of aliphatic hydroxyl groups is 1. The van der Waals surface area contributed by atoms with Crippen molar-refractivity contribution in [2.75, 3.05) is 26.2 Å². The first-order valence-electron chi connectivity index (χ1n) is 14.6. The topological polar surface area (TPSA) is 125 Å². The summed E-state index contributed by atoms with van der Waals surface area (Å²) in [5.41, 5.74) is -1.07. The van der Waals surface area contributed by atoms with Crippen LogP contribution in [0.15, 0.2) is 55.6 Å². The fourth-order valence-electron chi connectivity index (χ4n) is 6.66. The lowest BCUT2D eigenvalue weighted by Gasteiger charge is -2.41. The first-order chi connectivity index (χ1) is 20.0. The van der Waals surface area contributed by atoms with Gasteiger partial charge < -0.3 is 29.7 Å². The average molecular weight is 582 g/mol. The normalized spacial score (nSPS) is 26.9. The molecule has 0 aromatic heterocycles. The van der Waals surface area contributed by atoms with Gasteiger partial charge in [0.25, 0.3) is 0 Å². The largest absolute Gasteiger partial charge is 0.455 e. The second-order valence-corrected chi connectivity index (χ2v) is 12.2. The Kier molecular flexibility index (Phi) is 9.57. The molecular formula is C32H43N3O7. The number of nitrogens with zero attached hydrogens (tertiary/aromatic N) is 2. The zero-order valence-electron chi connectivity index (χ0n) is 24.8. The van der Waals surface area contributed by atoms with E-state index < -0.39 is 53.1 Å². The molecule has 1 aromatic rings. The van der Waals surface area contributed by atoms with E-state index in [1.165, 1.54) is 4.90 Å². The van der Waals surface area contributed by atoms with Crippen LogP contribution in [0, 0.1) is 11.8 Å². The molecule has 3 aliphatic heterocycles. The van der Waals surface area contributed by atoms with Crippen molar-refractivity contribution in [1.29, 1.82) is 0 Å². The Hall–Kier alpha value is -3.50. The highest BCUT2D eigenvalue weighted by atomic mass is 16.6. The number of β-amino-alcohol motifs (C(OH)–C–C–N with tert-alkyl or cyclic N) is 1. The molecular weight excluding hydrogens is 538 g/mol. The third-order valence-corrected chi connectivity index (χ3v) is 8.52. The molecule has 3 aliphatic rings. The highest BCUT2D eigenvalue weighted by molar-refractivity contribution is 5.98. The van der Waals surface area contributed by atoms with E-state index in [9.17, 15) is 24.3 Å². The molecule has 4 rings (SSSR count). The molecule has 10 nitrogen and oxygen atoms in total. The lowest BCUT2D eigenvalue weighted by Crippen LogP contribution is -2.60. The van der Waals surface area contributed by atoms with E-state index in [1.807, 2.05) is 51.1 Å². The summed E-state index contributed by atoms with van der Waals surface area (Å²) in [6, 6.07) is 8.11. The fourth-order valence-corrected chi connectivity index (χ4v) is 6.66. The van der Waals surface area contributed by atoms with Gasteiger partial charge in [0.1, 0.15) is 17.7 Å². The molecule has 0 aliphatic carbocycles. The Morgan fingerprint density at radius 3 is 2.57 bits per heavy atom. The van der Waals surface area contributed by atoms with E-state index in [0.717, 1.165) is 0 Å². The number of carbonyl (C=O) groups is 4. The number of hydrogen-bond acceptors (Lipinski definition) is 7. The van der Waals surface area contributed by atoms with Crippen LogP contribution < -0.4 is 5.32 Å². The van der Waals surface area contributed by atoms with E-state index >= 15 is 0 Å². The zero-order valence-corrected chi connectivity index (χ0v) is 24.8. The number of rotatable bonds is 13. The van der Waals surface area contributed by atoms with Crippen LogP contribution in [0.25, 0.3) is 0 Å². The maximum absolute atomic E-state index is 14.2. The summed E-state index contributed by atoms with van der Waals surface area (Å²) in [4.78, 5) is 57.4. The molecule has 0 radical (unpaired) electrons. The van der Waals surface area contributed by atoms with E-state index in [1.54, 1.807) is 17.1 Å². The molecule has 2 bridgehead atoms. The van der Waals surface area contributed by atoms with Crippen molar-refractivity contribution in [2.24, 2.45) is 11.8 Å². The molecule has 3 amide bonds. The number of fused-ring (bicyclic) bond motifs is 1. The summed E-state index contributed by atoms with van der Waals surface area (Å²) in [7, 11) is 0. The van der Waals surface area contributed by atoms with Crippen LogP contribution in [0.5, 0.6) is 0 Å². The molecule has 3 saturated heterocycles. The van der Waals surface area contributed by atoms with Crippen LogP contribution in [-0.2, 0) is 28.7 Å². The number of esters is 1. The van der Waals surface area contributed by atoms with Gasteiger partial charge >= 0.3 is 5.97 Å². The van der Waals surface area contributed by atoms with Crippen molar-refractivity contribution in [3.05, 3.63) is 61.2 Å². The molecule has 3 fully saturated rings. The Balaban J connectivity index is 1.62. The van der Waals surface area contributed by atoms with Crippen LogP contribution in [-0.4, -0.2) is 88.1 Å². The maximum atomic E-state index is 14.2. The molecule has 3 heterocycles. The quantitative estimate of drug-likeness (QED) is 0.271. The van der Waals surface area contributed by atoms with Gasteiger partial charge in [-0.1, -0.05) is 42.5 Å². The smallest absolute Gasteiger partial charge is 0.313 e. The van der Waals surface area contributed by atoms with Crippen molar-refractivity contribution in [2.45, 2.75) is 75.8 Å². The number of amides is 3. The Morgan fingerprint density at radius 1 is 1.24 bits per heavy atom. The molecule has 10 heteroatoms. The number of aliphatic hydroxyl groups excluding tert-OH is 1. The number of allylic oxidation sites excluding steroid dienone is 1. The number of nitrogens with one attached hydrogen (secondary N) is 1. The minimum Gasteiger partial charge on any atom is -0.455 e. The molecule has 42 heavy (non-hydrogen) atoms. The van der Waals surface area contributed by atoms with Crippen molar-refractivity contribution in [3.63, 3.8) is 0 Å². The summed E-state index contributed by atoms with van der Waals surface area (Å²) in [5.74, 6) is -3.34.